The van der Waals surface area contributed by atoms with Gasteiger partial charge in [-0.2, -0.15) is 44.8 Å². The molecule has 0 aliphatic carbocycles. The first-order chi connectivity index (χ1) is 10.7. The SMILES string of the molecule is CC(C)(C)S[SiH2]SC(C)(C)C.CC(C)C(C)S[SiH2]SC(C)C(C)C. The second kappa shape index (κ2) is 13.9. The fourth-order valence-electron chi connectivity index (χ4n) is 1.02. The first kappa shape index (κ1) is 28.0. The van der Waals surface area contributed by atoms with Crippen molar-refractivity contribution < 1.29 is 0 Å². The first-order valence-corrected chi connectivity index (χ1v) is 20.2. The van der Waals surface area contributed by atoms with Crippen molar-refractivity contribution in [2.75, 3.05) is 0 Å². The van der Waals surface area contributed by atoms with Crippen molar-refractivity contribution in [1.29, 1.82) is 0 Å². The van der Waals surface area contributed by atoms with Crippen molar-refractivity contribution in [3.63, 3.8) is 0 Å². The topological polar surface area (TPSA) is 0 Å². The molecule has 2 unspecified atom stereocenters. The Balaban J connectivity index is 0. The largest absolute Gasteiger partial charge is 0.177 e. The van der Waals surface area contributed by atoms with Crippen LogP contribution in [0.2, 0.25) is 0 Å². The smallest absolute Gasteiger partial charge is 0.147 e. The van der Waals surface area contributed by atoms with E-state index in [1.165, 1.54) is 0 Å². The molecule has 0 rings (SSSR count). The van der Waals surface area contributed by atoms with E-state index in [9.17, 15) is 0 Å². The van der Waals surface area contributed by atoms with Gasteiger partial charge in [0.2, 0.25) is 0 Å². The molecule has 148 valence electrons. The second-order valence-corrected chi connectivity index (χ2v) is 24.0. The van der Waals surface area contributed by atoms with Crippen LogP contribution in [0.1, 0.15) is 83.1 Å². The normalized spacial score (nSPS) is 15.8. The van der Waals surface area contributed by atoms with E-state index >= 15 is 0 Å². The van der Waals surface area contributed by atoms with Gasteiger partial charge in [-0.15, -0.1) is 0 Å². The van der Waals surface area contributed by atoms with Crippen LogP contribution >= 0.6 is 44.8 Å². The molecule has 0 N–H and O–H groups in total. The van der Waals surface area contributed by atoms with Crippen molar-refractivity contribution in [3.05, 3.63) is 0 Å². The molecule has 0 radical (unpaired) electrons. The van der Waals surface area contributed by atoms with Gasteiger partial charge in [-0.05, 0) is 22.3 Å². The highest BCUT2D eigenvalue weighted by atomic mass is 32.6. The van der Waals surface area contributed by atoms with E-state index in [0.29, 0.717) is 9.49 Å². The summed E-state index contributed by atoms with van der Waals surface area (Å²) in [5, 5.41) is 1.72. The zero-order chi connectivity index (χ0) is 19.6. The summed E-state index contributed by atoms with van der Waals surface area (Å²) < 4.78 is 0.953. The van der Waals surface area contributed by atoms with E-state index in [-0.39, 0.29) is 15.6 Å². The lowest BCUT2D eigenvalue weighted by Gasteiger charge is -2.22. The summed E-state index contributed by atoms with van der Waals surface area (Å²) in [6.45, 7) is 27.8. The molecule has 0 aromatic carbocycles. The molecule has 0 aliphatic heterocycles. The Hall–Kier alpha value is 1.83. The second-order valence-electron chi connectivity index (χ2n) is 8.98. The third-order valence-corrected chi connectivity index (χ3v) is 22.3. The molecule has 0 fully saturated rings. The Kier molecular flexibility index (Phi) is 16.3. The fourth-order valence-corrected chi connectivity index (χ4v) is 20.7. The highest BCUT2D eigenvalue weighted by Crippen LogP contribution is 2.31. The maximum atomic E-state index is 2.36. The summed E-state index contributed by atoms with van der Waals surface area (Å²) in [4.78, 5) is 0. The van der Waals surface area contributed by atoms with Gasteiger partial charge in [-0.3, -0.25) is 0 Å². The Morgan fingerprint density at radius 3 is 1.04 bits per heavy atom. The van der Waals surface area contributed by atoms with Gasteiger partial charge in [-0.1, -0.05) is 83.1 Å². The van der Waals surface area contributed by atoms with Crippen molar-refractivity contribution in [1.82, 2.24) is 0 Å². The van der Waals surface area contributed by atoms with Crippen LogP contribution in [0, 0.1) is 11.8 Å². The van der Waals surface area contributed by atoms with E-state index in [0.717, 1.165) is 22.3 Å². The zero-order valence-electron chi connectivity index (χ0n) is 18.4. The van der Waals surface area contributed by atoms with Crippen molar-refractivity contribution >= 4 is 60.5 Å². The van der Waals surface area contributed by atoms with Crippen molar-refractivity contribution in [3.8, 4) is 0 Å². The number of rotatable bonds is 8. The van der Waals surface area contributed by atoms with Crippen molar-refractivity contribution in [2.24, 2.45) is 11.8 Å². The Bertz CT molecular complexity index is 268. The van der Waals surface area contributed by atoms with Crippen LogP contribution in [0.25, 0.3) is 0 Å². The third-order valence-electron chi connectivity index (χ3n) is 3.52. The van der Waals surface area contributed by atoms with Crippen LogP contribution in [-0.4, -0.2) is 35.6 Å². The summed E-state index contributed by atoms with van der Waals surface area (Å²) in [7, 11) is 0.100. The number of hydrogen-bond acceptors (Lipinski definition) is 4. The molecule has 0 aromatic heterocycles. The van der Waals surface area contributed by atoms with Gasteiger partial charge in [0.25, 0.3) is 0 Å². The van der Waals surface area contributed by atoms with Crippen LogP contribution in [0.5, 0.6) is 0 Å². The molecule has 0 aliphatic rings. The maximum Gasteiger partial charge on any atom is 0.147 e. The van der Waals surface area contributed by atoms with E-state index in [1.807, 2.05) is 0 Å². The van der Waals surface area contributed by atoms with Gasteiger partial charge in [0.1, 0.15) is 15.6 Å². The zero-order valence-corrected chi connectivity index (χ0v) is 24.5. The molecule has 2 atom stereocenters. The van der Waals surface area contributed by atoms with Crippen LogP contribution in [-0.2, 0) is 0 Å². The van der Waals surface area contributed by atoms with Crippen LogP contribution in [0.3, 0.4) is 0 Å². The van der Waals surface area contributed by atoms with Crippen LogP contribution < -0.4 is 0 Å². The Labute approximate surface area is 174 Å². The summed E-state index contributed by atoms with van der Waals surface area (Å²) in [5.74, 6) is 1.68. The molecule has 24 heavy (non-hydrogen) atoms. The summed E-state index contributed by atoms with van der Waals surface area (Å²) in [5.41, 5.74) is 0. The molecule has 0 saturated heterocycles. The molecule has 0 bridgehead atoms. The molecule has 0 saturated carbocycles. The van der Waals surface area contributed by atoms with E-state index in [4.69, 9.17) is 0 Å². The molecule has 0 aromatic rings. The molecular formula is C18H44S4Si2. The fraction of sp³-hybridized carbons (Fsp3) is 1.00. The lowest BCUT2D eigenvalue weighted by atomic mass is 10.2. The number of hydrogen-bond donors (Lipinski definition) is 0. The van der Waals surface area contributed by atoms with Gasteiger partial charge in [-0.25, -0.2) is 0 Å². The minimum atomic E-state index is 0.0363. The quantitative estimate of drug-likeness (QED) is 0.387. The summed E-state index contributed by atoms with van der Waals surface area (Å²) in [6, 6.07) is 0. The lowest BCUT2D eigenvalue weighted by molar-refractivity contribution is 0.644. The standard InChI is InChI=1S/C10H24S2Si.C8H20S2Si/c1-7(2)9(5)11-13-12-10(6)8(3)4;1-7(2,3)9-11-10-8(4,5)6/h7-10H,13H2,1-6H3;11H2,1-6H3. The first-order valence-electron chi connectivity index (χ1n) is 9.17. The van der Waals surface area contributed by atoms with Gasteiger partial charge in [0.05, 0.1) is 0 Å². The lowest BCUT2D eigenvalue weighted by Crippen LogP contribution is -2.13. The third kappa shape index (κ3) is 21.9. The predicted octanol–water partition coefficient (Wildman–Crippen LogP) is 6.59. The monoisotopic (exact) mass is 444 g/mol. The van der Waals surface area contributed by atoms with Gasteiger partial charge in [0.15, 0.2) is 0 Å². The molecule has 0 amide bonds. The minimum Gasteiger partial charge on any atom is -0.177 e. The van der Waals surface area contributed by atoms with Crippen LogP contribution in [0.15, 0.2) is 0 Å². The van der Waals surface area contributed by atoms with E-state index < -0.39 is 0 Å². The molecule has 6 heteroatoms. The van der Waals surface area contributed by atoms with Gasteiger partial charge < -0.3 is 0 Å². The van der Waals surface area contributed by atoms with E-state index in [1.54, 1.807) is 0 Å². The average Bonchev–Trinajstić information content (AvgIpc) is 2.35. The Morgan fingerprint density at radius 1 is 0.542 bits per heavy atom. The average molecular weight is 445 g/mol. The summed E-state index contributed by atoms with van der Waals surface area (Å²) >= 11 is 8.79. The molecule has 0 nitrogen and oxygen atoms in total. The Morgan fingerprint density at radius 2 is 0.833 bits per heavy atom. The minimum absolute atomic E-state index is 0.0363. The highest BCUT2D eigenvalue weighted by Gasteiger charge is 2.15. The van der Waals surface area contributed by atoms with Crippen LogP contribution in [0.4, 0.5) is 0 Å². The maximum absolute atomic E-state index is 2.36. The molecular weight excluding hydrogens is 401 g/mol. The van der Waals surface area contributed by atoms with Gasteiger partial charge >= 0.3 is 0 Å². The van der Waals surface area contributed by atoms with Gasteiger partial charge in [0, 0.05) is 9.49 Å². The highest BCUT2D eigenvalue weighted by molar-refractivity contribution is 8.51. The van der Waals surface area contributed by atoms with E-state index in [2.05, 4.69) is 128 Å². The van der Waals surface area contributed by atoms with Crippen molar-refractivity contribution in [2.45, 2.75) is 103 Å². The predicted molar refractivity (Wildman–Crippen MR) is 136 cm³/mol. The molecule has 0 heterocycles. The molecule has 0 spiro atoms. The summed E-state index contributed by atoms with van der Waals surface area (Å²) in [6.07, 6.45) is 0.